The highest BCUT2D eigenvalue weighted by Gasteiger charge is 2.09. The third-order valence-electron chi connectivity index (χ3n) is 3.38. The normalized spacial score (nSPS) is 10.2. The number of carbonyl (C=O) groups is 1. The molecule has 6 heteroatoms. The Bertz CT molecular complexity index is 696. The summed E-state index contributed by atoms with van der Waals surface area (Å²) in [6.07, 6.45) is 0. The predicted octanol–water partition coefficient (Wildman–Crippen LogP) is 4.17. The van der Waals surface area contributed by atoms with Gasteiger partial charge in [0.1, 0.15) is 6.61 Å². The Labute approximate surface area is 146 Å². The number of anilines is 1. The first kappa shape index (κ1) is 17.9. The van der Waals surface area contributed by atoms with Crippen LogP contribution in [0.2, 0.25) is 5.02 Å². The number of para-hydroxylation sites is 2. The highest BCUT2D eigenvalue weighted by molar-refractivity contribution is 6.34. The van der Waals surface area contributed by atoms with Crippen LogP contribution >= 0.6 is 11.6 Å². The minimum atomic E-state index is -0.326. The third-order valence-corrected chi connectivity index (χ3v) is 3.68. The molecule has 2 aromatic carbocycles. The van der Waals surface area contributed by atoms with Crippen molar-refractivity contribution >= 4 is 23.3 Å². The molecule has 0 heterocycles. The van der Waals surface area contributed by atoms with E-state index in [0.717, 1.165) is 11.1 Å². The SMILES string of the molecule is COc1ccccc1OCCNC(=O)Nc1c(C)cc(C)cc1Cl. The number of halogens is 1. The smallest absolute Gasteiger partial charge is 0.319 e. The predicted molar refractivity (Wildman–Crippen MR) is 96.4 cm³/mol. The van der Waals surface area contributed by atoms with Gasteiger partial charge in [-0.2, -0.15) is 0 Å². The van der Waals surface area contributed by atoms with Crippen LogP contribution in [0, 0.1) is 13.8 Å². The van der Waals surface area contributed by atoms with Gasteiger partial charge in [0, 0.05) is 0 Å². The summed E-state index contributed by atoms with van der Waals surface area (Å²) in [5.41, 5.74) is 2.58. The van der Waals surface area contributed by atoms with Crippen LogP contribution < -0.4 is 20.1 Å². The van der Waals surface area contributed by atoms with Gasteiger partial charge in [-0.25, -0.2) is 4.79 Å². The van der Waals surface area contributed by atoms with Gasteiger partial charge in [-0.3, -0.25) is 0 Å². The summed E-state index contributed by atoms with van der Waals surface area (Å²) < 4.78 is 10.8. The van der Waals surface area contributed by atoms with Crippen molar-refractivity contribution in [2.45, 2.75) is 13.8 Å². The van der Waals surface area contributed by atoms with E-state index in [1.54, 1.807) is 7.11 Å². The van der Waals surface area contributed by atoms with E-state index in [0.29, 0.717) is 35.4 Å². The monoisotopic (exact) mass is 348 g/mol. The van der Waals surface area contributed by atoms with Gasteiger partial charge in [-0.15, -0.1) is 0 Å². The van der Waals surface area contributed by atoms with Crippen LogP contribution in [0.1, 0.15) is 11.1 Å². The third kappa shape index (κ3) is 4.80. The van der Waals surface area contributed by atoms with Crippen LogP contribution in [0.5, 0.6) is 11.5 Å². The first-order chi connectivity index (χ1) is 11.5. The number of rotatable bonds is 6. The molecule has 0 radical (unpaired) electrons. The van der Waals surface area contributed by atoms with Crippen molar-refractivity contribution in [3.63, 3.8) is 0 Å². The maximum Gasteiger partial charge on any atom is 0.319 e. The molecule has 0 aliphatic rings. The fraction of sp³-hybridized carbons (Fsp3) is 0.278. The van der Waals surface area contributed by atoms with E-state index in [1.807, 2.05) is 50.2 Å². The summed E-state index contributed by atoms with van der Waals surface area (Å²) in [5.74, 6) is 1.30. The maximum absolute atomic E-state index is 12.0. The molecule has 0 saturated heterocycles. The molecule has 5 nitrogen and oxygen atoms in total. The average Bonchev–Trinajstić information content (AvgIpc) is 2.55. The topological polar surface area (TPSA) is 59.6 Å². The van der Waals surface area contributed by atoms with Crippen molar-refractivity contribution in [2.24, 2.45) is 0 Å². The number of amides is 2. The quantitative estimate of drug-likeness (QED) is 0.770. The van der Waals surface area contributed by atoms with Gasteiger partial charge in [-0.1, -0.05) is 29.8 Å². The summed E-state index contributed by atoms with van der Waals surface area (Å²) in [7, 11) is 1.58. The zero-order valence-electron chi connectivity index (χ0n) is 14.0. The molecule has 2 N–H and O–H groups in total. The molecule has 0 aromatic heterocycles. The maximum atomic E-state index is 12.0. The average molecular weight is 349 g/mol. The zero-order valence-corrected chi connectivity index (χ0v) is 14.7. The highest BCUT2D eigenvalue weighted by atomic mass is 35.5. The van der Waals surface area contributed by atoms with Crippen LogP contribution in [0.4, 0.5) is 10.5 Å². The number of aryl methyl sites for hydroxylation is 2. The Hall–Kier alpha value is -2.40. The lowest BCUT2D eigenvalue weighted by Gasteiger charge is -2.13. The van der Waals surface area contributed by atoms with Crippen LogP contribution in [0.3, 0.4) is 0 Å². The molecule has 2 rings (SSSR count). The molecule has 0 aliphatic carbocycles. The highest BCUT2D eigenvalue weighted by Crippen LogP contribution is 2.27. The van der Waals surface area contributed by atoms with Gasteiger partial charge in [0.15, 0.2) is 11.5 Å². The molecule has 0 fully saturated rings. The molecule has 24 heavy (non-hydrogen) atoms. The van der Waals surface area contributed by atoms with Gasteiger partial charge < -0.3 is 20.1 Å². The second-order valence-corrected chi connectivity index (χ2v) is 5.73. The Morgan fingerprint density at radius 2 is 1.88 bits per heavy atom. The summed E-state index contributed by atoms with van der Waals surface area (Å²) in [6.45, 7) is 4.54. The number of nitrogens with one attached hydrogen (secondary N) is 2. The van der Waals surface area contributed by atoms with E-state index in [2.05, 4.69) is 10.6 Å². The second kappa shape index (κ2) is 8.45. The van der Waals surface area contributed by atoms with Crippen molar-refractivity contribution in [1.29, 1.82) is 0 Å². The fourth-order valence-electron chi connectivity index (χ4n) is 2.30. The van der Waals surface area contributed by atoms with E-state index in [4.69, 9.17) is 21.1 Å². The number of methoxy groups -OCH3 is 1. The number of hydrogen-bond donors (Lipinski definition) is 2. The zero-order chi connectivity index (χ0) is 17.5. The van der Waals surface area contributed by atoms with Crippen molar-refractivity contribution in [2.75, 3.05) is 25.6 Å². The second-order valence-electron chi connectivity index (χ2n) is 5.32. The number of urea groups is 1. The lowest BCUT2D eigenvalue weighted by atomic mass is 10.1. The Balaban J connectivity index is 1.82. The Morgan fingerprint density at radius 3 is 2.54 bits per heavy atom. The fourth-order valence-corrected chi connectivity index (χ4v) is 2.66. The van der Waals surface area contributed by atoms with Crippen molar-refractivity contribution in [3.8, 4) is 11.5 Å². The van der Waals surface area contributed by atoms with E-state index in [-0.39, 0.29) is 6.03 Å². The Morgan fingerprint density at radius 1 is 1.17 bits per heavy atom. The number of carbonyl (C=O) groups excluding carboxylic acids is 1. The molecule has 0 unspecified atom stereocenters. The Kier molecular flexibility index (Phi) is 6.32. The summed E-state index contributed by atoms with van der Waals surface area (Å²) in [4.78, 5) is 12.0. The molecule has 2 aromatic rings. The molecule has 2 amide bonds. The van der Waals surface area contributed by atoms with Gasteiger partial charge >= 0.3 is 6.03 Å². The van der Waals surface area contributed by atoms with Gasteiger partial charge in [0.2, 0.25) is 0 Å². The lowest BCUT2D eigenvalue weighted by molar-refractivity contribution is 0.246. The van der Waals surface area contributed by atoms with Crippen molar-refractivity contribution in [1.82, 2.24) is 5.32 Å². The molecule has 0 aliphatic heterocycles. The standard InChI is InChI=1S/C18H21ClN2O3/c1-12-10-13(2)17(14(19)11-12)21-18(22)20-8-9-24-16-7-5-4-6-15(16)23-3/h4-7,10-11H,8-9H2,1-3H3,(H2,20,21,22). The van der Waals surface area contributed by atoms with E-state index >= 15 is 0 Å². The minimum absolute atomic E-state index is 0.326. The van der Waals surface area contributed by atoms with Crippen molar-refractivity contribution < 1.29 is 14.3 Å². The lowest BCUT2D eigenvalue weighted by Crippen LogP contribution is -2.32. The molecular formula is C18H21ClN2O3. The molecular weight excluding hydrogens is 328 g/mol. The summed E-state index contributed by atoms with van der Waals surface area (Å²) >= 11 is 6.17. The van der Waals surface area contributed by atoms with E-state index in [9.17, 15) is 4.79 Å². The first-order valence-electron chi connectivity index (χ1n) is 7.58. The molecule has 0 atom stereocenters. The van der Waals surface area contributed by atoms with Crippen molar-refractivity contribution in [3.05, 3.63) is 52.5 Å². The minimum Gasteiger partial charge on any atom is -0.493 e. The van der Waals surface area contributed by atoms with E-state index < -0.39 is 0 Å². The van der Waals surface area contributed by atoms with Crippen LogP contribution in [-0.2, 0) is 0 Å². The molecule has 128 valence electrons. The van der Waals surface area contributed by atoms with Crippen LogP contribution in [0.25, 0.3) is 0 Å². The molecule has 0 saturated carbocycles. The number of benzene rings is 2. The van der Waals surface area contributed by atoms with Crippen LogP contribution in [0.15, 0.2) is 36.4 Å². The van der Waals surface area contributed by atoms with Gasteiger partial charge in [-0.05, 0) is 43.2 Å². The number of ether oxygens (including phenoxy) is 2. The van der Waals surface area contributed by atoms with Gasteiger partial charge in [0.05, 0.1) is 24.4 Å². The van der Waals surface area contributed by atoms with Gasteiger partial charge in [0.25, 0.3) is 0 Å². The molecule has 0 spiro atoms. The summed E-state index contributed by atoms with van der Waals surface area (Å²) in [5, 5.41) is 6.02. The first-order valence-corrected chi connectivity index (χ1v) is 7.96. The largest absolute Gasteiger partial charge is 0.493 e. The number of hydrogen-bond acceptors (Lipinski definition) is 3. The summed E-state index contributed by atoms with van der Waals surface area (Å²) in [6, 6.07) is 10.8. The van der Waals surface area contributed by atoms with Crippen LogP contribution in [-0.4, -0.2) is 26.3 Å². The molecule has 0 bridgehead atoms. The van der Waals surface area contributed by atoms with E-state index in [1.165, 1.54) is 0 Å².